The van der Waals surface area contributed by atoms with E-state index in [0.717, 1.165) is 0 Å². The molecule has 4 nitrogen and oxygen atoms in total. The lowest BCUT2D eigenvalue weighted by Gasteiger charge is -2.05. The highest BCUT2D eigenvalue weighted by molar-refractivity contribution is 5.94. The van der Waals surface area contributed by atoms with Crippen molar-refractivity contribution in [3.63, 3.8) is 0 Å². The van der Waals surface area contributed by atoms with Crippen molar-refractivity contribution in [1.82, 2.24) is 0 Å². The van der Waals surface area contributed by atoms with E-state index < -0.39 is 0 Å². The van der Waals surface area contributed by atoms with Gasteiger partial charge in [-0.2, -0.15) is 0 Å². The molecule has 0 amide bonds. The van der Waals surface area contributed by atoms with E-state index in [1.54, 1.807) is 24.3 Å². The number of hydrogen-bond acceptors (Lipinski definition) is 4. The van der Waals surface area contributed by atoms with Gasteiger partial charge in [0.25, 0.3) is 0 Å². The molecule has 16 heavy (non-hydrogen) atoms. The summed E-state index contributed by atoms with van der Waals surface area (Å²) in [5, 5.41) is 0. The van der Waals surface area contributed by atoms with Crippen LogP contribution < -0.4 is 4.74 Å². The van der Waals surface area contributed by atoms with Gasteiger partial charge in [-0.25, -0.2) is 0 Å². The number of rotatable bonds is 6. The van der Waals surface area contributed by atoms with Gasteiger partial charge < -0.3 is 9.47 Å². The van der Waals surface area contributed by atoms with Crippen molar-refractivity contribution < 1.29 is 19.1 Å². The van der Waals surface area contributed by atoms with E-state index in [1.807, 2.05) is 0 Å². The fourth-order valence-electron chi connectivity index (χ4n) is 1.15. The summed E-state index contributed by atoms with van der Waals surface area (Å²) in [5.41, 5.74) is 0.621. The average molecular weight is 222 g/mol. The van der Waals surface area contributed by atoms with E-state index in [2.05, 4.69) is 4.74 Å². The summed E-state index contributed by atoms with van der Waals surface area (Å²) in [6.07, 6.45) is 0. The fraction of sp³-hybridized carbons (Fsp3) is 0.333. The summed E-state index contributed by atoms with van der Waals surface area (Å²) in [6.45, 7) is 1.52. The zero-order valence-electron chi connectivity index (χ0n) is 9.36. The first kappa shape index (κ1) is 12.4. The fourth-order valence-corrected chi connectivity index (χ4v) is 1.15. The van der Waals surface area contributed by atoms with Crippen LogP contribution in [0.3, 0.4) is 0 Å². The SMILES string of the molecule is COCC(=O)COc1ccc(C(C)=O)cc1. The third-order valence-electron chi connectivity index (χ3n) is 1.97. The lowest BCUT2D eigenvalue weighted by Crippen LogP contribution is -2.16. The summed E-state index contributed by atoms with van der Waals surface area (Å²) < 4.78 is 9.88. The van der Waals surface area contributed by atoms with Gasteiger partial charge in [0.1, 0.15) is 19.0 Å². The van der Waals surface area contributed by atoms with E-state index in [0.29, 0.717) is 11.3 Å². The highest BCUT2D eigenvalue weighted by Gasteiger charge is 2.03. The molecule has 0 aliphatic rings. The summed E-state index contributed by atoms with van der Waals surface area (Å²) in [5.74, 6) is 0.439. The highest BCUT2D eigenvalue weighted by Crippen LogP contribution is 2.12. The minimum atomic E-state index is -0.127. The lowest BCUT2D eigenvalue weighted by atomic mass is 10.1. The molecule has 0 heterocycles. The summed E-state index contributed by atoms with van der Waals surface area (Å²) in [6, 6.07) is 6.66. The van der Waals surface area contributed by atoms with Gasteiger partial charge in [0.05, 0.1) is 0 Å². The third kappa shape index (κ3) is 3.82. The molecule has 1 aromatic carbocycles. The Bertz CT molecular complexity index is 367. The van der Waals surface area contributed by atoms with E-state index in [-0.39, 0.29) is 24.8 Å². The maximum absolute atomic E-state index is 11.1. The second-order valence-corrected chi connectivity index (χ2v) is 3.34. The standard InChI is InChI=1S/C12H14O4/c1-9(13)10-3-5-12(6-4-10)16-8-11(14)7-15-2/h3-6H,7-8H2,1-2H3. The molecule has 0 saturated heterocycles. The normalized spacial score (nSPS) is 9.88. The van der Waals surface area contributed by atoms with E-state index in [9.17, 15) is 9.59 Å². The number of ether oxygens (including phenoxy) is 2. The van der Waals surface area contributed by atoms with Crippen molar-refractivity contribution in [1.29, 1.82) is 0 Å². The molecule has 1 aromatic rings. The number of carbonyl (C=O) groups excluding carboxylic acids is 2. The Hall–Kier alpha value is -1.68. The van der Waals surface area contributed by atoms with E-state index >= 15 is 0 Å². The topological polar surface area (TPSA) is 52.6 Å². The quantitative estimate of drug-likeness (QED) is 0.684. The van der Waals surface area contributed by atoms with E-state index in [4.69, 9.17) is 4.74 Å². The van der Waals surface area contributed by atoms with Crippen LogP contribution in [0.15, 0.2) is 24.3 Å². The van der Waals surface area contributed by atoms with Crippen molar-refractivity contribution in [2.45, 2.75) is 6.92 Å². The van der Waals surface area contributed by atoms with Crippen LogP contribution in [0.25, 0.3) is 0 Å². The Kier molecular flexibility index (Phi) is 4.66. The number of methoxy groups -OCH3 is 1. The zero-order chi connectivity index (χ0) is 12.0. The Morgan fingerprint density at radius 1 is 1.12 bits per heavy atom. The predicted molar refractivity (Wildman–Crippen MR) is 58.8 cm³/mol. The second-order valence-electron chi connectivity index (χ2n) is 3.34. The van der Waals surface area contributed by atoms with Crippen molar-refractivity contribution in [2.24, 2.45) is 0 Å². The van der Waals surface area contributed by atoms with Gasteiger partial charge in [-0.1, -0.05) is 0 Å². The molecule has 0 fully saturated rings. The van der Waals surface area contributed by atoms with Crippen LogP contribution in [-0.4, -0.2) is 31.9 Å². The molecular weight excluding hydrogens is 208 g/mol. The van der Waals surface area contributed by atoms with Gasteiger partial charge in [-0.05, 0) is 31.2 Å². The molecule has 0 aliphatic heterocycles. The maximum atomic E-state index is 11.1. The van der Waals surface area contributed by atoms with Crippen LogP contribution in [0.1, 0.15) is 17.3 Å². The first-order valence-electron chi connectivity index (χ1n) is 4.88. The van der Waals surface area contributed by atoms with Gasteiger partial charge in [-0.15, -0.1) is 0 Å². The van der Waals surface area contributed by atoms with Crippen molar-refractivity contribution in [2.75, 3.05) is 20.3 Å². The molecule has 0 unspecified atom stereocenters. The highest BCUT2D eigenvalue weighted by atomic mass is 16.5. The van der Waals surface area contributed by atoms with Crippen molar-refractivity contribution in [3.8, 4) is 5.75 Å². The smallest absolute Gasteiger partial charge is 0.195 e. The first-order chi connectivity index (χ1) is 7.63. The number of hydrogen-bond donors (Lipinski definition) is 0. The maximum Gasteiger partial charge on any atom is 0.195 e. The molecule has 86 valence electrons. The van der Waals surface area contributed by atoms with Gasteiger partial charge in [-0.3, -0.25) is 9.59 Å². The zero-order valence-corrected chi connectivity index (χ0v) is 9.36. The van der Waals surface area contributed by atoms with Crippen molar-refractivity contribution >= 4 is 11.6 Å². The van der Waals surface area contributed by atoms with Crippen LogP contribution >= 0.6 is 0 Å². The largest absolute Gasteiger partial charge is 0.486 e. The minimum absolute atomic E-state index is 0.00186. The molecule has 0 saturated carbocycles. The predicted octanol–water partition coefficient (Wildman–Crippen LogP) is 1.48. The summed E-state index contributed by atoms with van der Waals surface area (Å²) in [4.78, 5) is 22.1. The van der Waals surface area contributed by atoms with Crippen LogP contribution in [0.5, 0.6) is 5.75 Å². The molecule has 0 radical (unpaired) electrons. The molecule has 0 aliphatic carbocycles. The summed E-state index contributed by atoms with van der Waals surface area (Å²) in [7, 11) is 1.46. The van der Waals surface area contributed by atoms with Gasteiger partial charge in [0.2, 0.25) is 0 Å². The molecule has 0 spiro atoms. The number of carbonyl (C=O) groups is 2. The minimum Gasteiger partial charge on any atom is -0.486 e. The second kappa shape index (κ2) is 6.02. The molecule has 1 rings (SSSR count). The molecule has 0 N–H and O–H groups in total. The summed E-state index contributed by atoms with van der Waals surface area (Å²) >= 11 is 0. The number of benzene rings is 1. The van der Waals surface area contributed by atoms with Crippen molar-refractivity contribution in [3.05, 3.63) is 29.8 Å². The molecule has 0 bridgehead atoms. The number of Topliss-reactive ketones (excluding diaryl/α,β-unsaturated/α-hetero) is 2. The monoisotopic (exact) mass is 222 g/mol. The van der Waals surface area contributed by atoms with Crippen LogP contribution in [0.4, 0.5) is 0 Å². The van der Waals surface area contributed by atoms with Gasteiger partial charge in [0, 0.05) is 12.7 Å². The number of ketones is 2. The first-order valence-corrected chi connectivity index (χ1v) is 4.88. The van der Waals surface area contributed by atoms with Crippen LogP contribution in [0.2, 0.25) is 0 Å². The Morgan fingerprint density at radius 2 is 1.75 bits per heavy atom. The molecule has 4 heteroatoms. The Labute approximate surface area is 94.2 Å². The van der Waals surface area contributed by atoms with E-state index in [1.165, 1.54) is 14.0 Å². The van der Waals surface area contributed by atoms with Crippen LogP contribution in [0, 0.1) is 0 Å². The molecule has 0 atom stereocenters. The average Bonchev–Trinajstić information content (AvgIpc) is 2.27. The van der Waals surface area contributed by atoms with Gasteiger partial charge >= 0.3 is 0 Å². The lowest BCUT2D eigenvalue weighted by molar-refractivity contribution is -0.124. The third-order valence-corrected chi connectivity index (χ3v) is 1.97. The molecule has 0 aromatic heterocycles. The molecular formula is C12H14O4. The van der Waals surface area contributed by atoms with Crippen LogP contribution in [-0.2, 0) is 9.53 Å². The Balaban J connectivity index is 2.49. The van der Waals surface area contributed by atoms with Gasteiger partial charge in [0.15, 0.2) is 11.6 Å². The Morgan fingerprint density at radius 3 is 2.25 bits per heavy atom.